The zero-order valence-corrected chi connectivity index (χ0v) is 15.4. The van der Waals surface area contributed by atoms with Crippen molar-refractivity contribution >= 4 is 11.8 Å². The van der Waals surface area contributed by atoms with Crippen LogP contribution < -0.4 is 15.5 Å². The lowest BCUT2D eigenvalue weighted by Gasteiger charge is -2.29. The summed E-state index contributed by atoms with van der Waals surface area (Å²) in [7, 11) is 1.62. The maximum Gasteiger partial charge on any atom is 0.315 e. The van der Waals surface area contributed by atoms with Crippen molar-refractivity contribution in [2.75, 3.05) is 25.2 Å². The summed E-state index contributed by atoms with van der Waals surface area (Å²) in [6.07, 6.45) is 2.87. The fourth-order valence-electron chi connectivity index (χ4n) is 3.15. The molecule has 2 heterocycles. The van der Waals surface area contributed by atoms with Crippen molar-refractivity contribution in [1.29, 1.82) is 0 Å². The van der Waals surface area contributed by atoms with Gasteiger partial charge in [-0.3, -0.25) is 0 Å². The molecule has 1 atom stereocenters. The Morgan fingerprint density at radius 2 is 2.08 bits per heavy atom. The molecular formula is C20H26N4O2. The minimum Gasteiger partial charge on any atom is -0.383 e. The molecule has 1 aromatic carbocycles. The van der Waals surface area contributed by atoms with Crippen molar-refractivity contribution < 1.29 is 9.53 Å². The number of amides is 2. The zero-order valence-electron chi connectivity index (χ0n) is 15.4. The molecule has 0 spiro atoms. The third kappa shape index (κ3) is 4.73. The number of nitrogens with zero attached hydrogens (tertiary/aromatic N) is 2. The molecule has 0 saturated carbocycles. The molecule has 6 heteroatoms. The number of pyridine rings is 1. The van der Waals surface area contributed by atoms with Crippen molar-refractivity contribution in [2.45, 2.75) is 32.5 Å². The van der Waals surface area contributed by atoms with Gasteiger partial charge in [-0.15, -0.1) is 0 Å². The molecule has 1 aromatic heterocycles. The fourth-order valence-corrected chi connectivity index (χ4v) is 3.15. The molecule has 2 N–H and O–H groups in total. The SMILES string of the molecule is COCC(C)NC(=O)NCc1ccc(N2CCc3ccccc3C2)nc1. The first kappa shape index (κ1) is 18.2. The third-order valence-electron chi connectivity index (χ3n) is 4.51. The Labute approximate surface area is 154 Å². The Morgan fingerprint density at radius 1 is 1.27 bits per heavy atom. The summed E-state index contributed by atoms with van der Waals surface area (Å²) in [6.45, 7) is 4.70. The molecule has 1 unspecified atom stereocenters. The molecule has 6 nitrogen and oxygen atoms in total. The summed E-state index contributed by atoms with van der Waals surface area (Å²) < 4.78 is 5.00. The van der Waals surface area contributed by atoms with E-state index in [2.05, 4.69) is 44.8 Å². The number of rotatable bonds is 6. The summed E-state index contributed by atoms with van der Waals surface area (Å²) in [4.78, 5) is 18.7. The van der Waals surface area contributed by atoms with Gasteiger partial charge in [-0.05, 0) is 36.1 Å². The van der Waals surface area contributed by atoms with Crippen molar-refractivity contribution in [2.24, 2.45) is 0 Å². The molecule has 1 aliphatic rings. The number of methoxy groups -OCH3 is 1. The quantitative estimate of drug-likeness (QED) is 0.836. The summed E-state index contributed by atoms with van der Waals surface area (Å²) >= 11 is 0. The molecule has 0 fully saturated rings. The van der Waals surface area contributed by atoms with E-state index in [-0.39, 0.29) is 12.1 Å². The normalized spacial score (nSPS) is 14.5. The Kier molecular flexibility index (Phi) is 6.07. The monoisotopic (exact) mass is 354 g/mol. The van der Waals surface area contributed by atoms with E-state index in [4.69, 9.17) is 4.74 Å². The number of ether oxygens (including phenoxy) is 1. The summed E-state index contributed by atoms with van der Waals surface area (Å²) in [6, 6.07) is 12.4. The smallest absolute Gasteiger partial charge is 0.315 e. The molecule has 26 heavy (non-hydrogen) atoms. The number of hydrogen-bond donors (Lipinski definition) is 2. The first-order valence-electron chi connectivity index (χ1n) is 8.95. The van der Waals surface area contributed by atoms with Gasteiger partial charge in [0.05, 0.1) is 12.6 Å². The number of nitrogens with one attached hydrogen (secondary N) is 2. The number of benzene rings is 1. The summed E-state index contributed by atoms with van der Waals surface area (Å²) in [5.74, 6) is 0.974. The molecule has 2 aromatic rings. The molecule has 0 aliphatic carbocycles. The highest BCUT2D eigenvalue weighted by atomic mass is 16.5. The molecule has 0 bridgehead atoms. The van der Waals surface area contributed by atoms with Gasteiger partial charge in [-0.25, -0.2) is 9.78 Å². The number of carbonyl (C=O) groups is 1. The van der Waals surface area contributed by atoms with Crippen LogP contribution in [0.3, 0.4) is 0 Å². The molecular weight excluding hydrogens is 328 g/mol. The highest BCUT2D eigenvalue weighted by molar-refractivity contribution is 5.74. The van der Waals surface area contributed by atoms with Gasteiger partial charge in [0, 0.05) is 32.9 Å². The van der Waals surface area contributed by atoms with Crippen LogP contribution in [-0.4, -0.2) is 37.3 Å². The van der Waals surface area contributed by atoms with E-state index >= 15 is 0 Å². The fraction of sp³-hybridized carbons (Fsp3) is 0.400. The van der Waals surface area contributed by atoms with Gasteiger partial charge < -0.3 is 20.3 Å². The van der Waals surface area contributed by atoms with Crippen LogP contribution in [0.5, 0.6) is 0 Å². The average molecular weight is 354 g/mol. The first-order chi connectivity index (χ1) is 12.7. The molecule has 0 saturated heterocycles. The van der Waals surface area contributed by atoms with E-state index in [0.717, 1.165) is 30.9 Å². The maximum absolute atomic E-state index is 11.8. The van der Waals surface area contributed by atoms with E-state index in [9.17, 15) is 4.79 Å². The van der Waals surface area contributed by atoms with Gasteiger partial charge in [-0.1, -0.05) is 30.3 Å². The van der Waals surface area contributed by atoms with Gasteiger partial charge in [0.2, 0.25) is 0 Å². The van der Waals surface area contributed by atoms with Crippen molar-refractivity contribution in [3.8, 4) is 0 Å². The predicted molar refractivity (Wildman–Crippen MR) is 102 cm³/mol. The van der Waals surface area contributed by atoms with Gasteiger partial charge in [0.1, 0.15) is 5.82 Å². The molecule has 2 amide bonds. The molecule has 1 aliphatic heterocycles. The number of fused-ring (bicyclic) bond motifs is 1. The van der Waals surface area contributed by atoms with Crippen LogP contribution in [0.4, 0.5) is 10.6 Å². The molecule has 138 valence electrons. The second kappa shape index (κ2) is 8.67. The van der Waals surface area contributed by atoms with Crippen LogP contribution >= 0.6 is 0 Å². The van der Waals surface area contributed by atoms with Gasteiger partial charge in [0.15, 0.2) is 0 Å². The van der Waals surface area contributed by atoms with Crippen LogP contribution in [-0.2, 0) is 24.2 Å². The zero-order chi connectivity index (χ0) is 18.4. The largest absolute Gasteiger partial charge is 0.383 e. The van der Waals surface area contributed by atoms with Crippen LogP contribution in [0, 0.1) is 0 Å². The van der Waals surface area contributed by atoms with Gasteiger partial charge in [0.25, 0.3) is 0 Å². The predicted octanol–water partition coefficient (Wildman–Crippen LogP) is 2.48. The number of carbonyl (C=O) groups excluding carboxylic acids is 1. The summed E-state index contributed by atoms with van der Waals surface area (Å²) in [5.41, 5.74) is 3.77. The lowest BCUT2D eigenvalue weighted by molar-refractivity contribution is 0.171. The first-order valence-corrected chi connectivity index (χ1v) is 8.95. The van der Waals surface area contributed by atoms with Crippen molar-refractivity contribution in [3.63, 3.8) is 0 Å². The minimum atomic E-state index is -0.203. The third-order valence-corrected chi connectivity index (χ3v) is 4.51. The maximum atomic E-state index is 11.8. The number of urea groups is 1. The molecule has 3 rings (SSSR count). The van der Waals surface area contributed by atoms with E-state index < -0.39 is 0 Å². The standard InChI is InChI=1S/C20H26N4O2/c1-15(14-26-2)23-20(25)22-12-16-7-8-19(21-11-16)24-10-9-17-5-3-4-6-18(17)13-24/h3-8,11,15H,9-10,12-14H2,1-2H3,(H2,22,23,25). The van der Waals surface area contributed by atoms with Crippen molar-refractivity contribution in [1.82, 2.24) is 15.6 Å². The Morgan fingerprint density at radius 3 is 2.81 bits per heavy atom. The van der Waals surface area contributed by atoms with Gasteiger partial charge >= 0.3 is 6.03 Å². The van der Waals surface area contributed by atoms with E-state index in [1.54, 1.807) is 7.11 Å². The van der Waals surface area contributed by atoms with Gasteiger partial charge in [-0.2, -0.15) is 0 Å². The van der Waals surface area contributed by atoms with Crippen molar-refractivity contribution in [3.05, 3.63) is 59.3 Å². The van der Waals surface area contributed by atoms with E-state index in [1.165, 1.54) is 11.1 Å². The number of aromatic nitrogens is 1. The van der Waals surface area contributed by atoms with E-state index in [0.29, 0.717) is 13.2 Å². The number of anilines is 1. The minimum absolute atomic E-state index is 0.0255. The van der Waals surface area contributed by atoms with Crippen LogP contribution in [0.25, 0.3) is 0 Å². The van der Waals surface area contributed by atoms with Crippen LogP contribution in [0.1, 0.15) is 23.6 Å². The lowest BCUT2D eigenvalue weighted by atomic mass is 10.00. The Bertz CT molecular complexity index is 733. The highest BCUT2D eigenvalue weighted by Crippen LogP contribution is 2.22. The highest BCUT2D eigenvalue weighted by Gasteiger charge is 2.16. The van der Waals surface area contributed by atoms with Crippen LogP contribution in [0.2, 0.25) is 0 Å². The average Bonchev–Trinajstić information content (AvgIpc) is 2.66. The Balaban J connectivity index is 1.52. The Hall–Kier alpha value is -2.60. The topological polar surface area (TPSA) is 66.5 Å². The summed E-state index contributed by atoms with van der Waals surface area (Å²) in [5, 5.41) is 5.66. The lowest BCUT2D eigenvalue weighted by Crippen LogP contribution is -2.42. The second-order valence-electron chi connectivity index (χ2n) is 6.65. The second-order valence-corrected chi connectivity index (χ2v) is 6.65. The van der Waals surface area contributed by atoms with Crippen LogP contribution in [0.15, 0.2) is 42.6 Å². The van der Waals surface area contributed by atoms with E-state index in [1.807, 2.05) is 25.3 Å². The molecule has 0 radical (unpaired) electrons. The number of hydrogen-bond acceptors (Lipinski definition) is 4.